The first kappa shape index (κ1) is 22.4. The molecular formula is C18H22F3N3O3. The van der Waals surface area contributed by atoms with Crippen molar-refractivity contribution in [2.45, 2.75) is 50.4 Å². The molecule has 0 heterocycles. The molecule has 148 valence electrons. The first-order valence-corrected chi connectivity index (χ1v) is 8.48. The normalized spacial score (nSPS) is 13.3. The largest absolute Gasteiger partial charge is 0.471 e. The van der Waals surface area contributed by atoms with E-state index in [1.807, 2.05) is 36.4 Å². The fourth-order valence-electron chi connectivity index (χ4n) is 2.23. The van der Waals surface area contributed by atoms with E-state index in [9.17, 15) is 22.8 Å². The van der Waals surface area contributed by atoms with Crippen molar-refractivity contribution >= 4 is 11.9 Å². The number of hydrogen-bond acceptors (Lipinski definition) is 5. The van der Waals surface area contributed by atoms with E-state index < -0.39 is 30.2 Å². The second-order valence-corrected chi connectivity index (χ2v) is 5.93. The van der Waals surface area contributed by atoms with Gasteiger partial charge in [-0.3, -0.25) is 9.59 Å². The molecule has 6 nitrogen and oxygen atoms in total. The Bertz CT molecular complexity index is 645. The Balaban J connectivity index is 2.26. The van der Waals surface area contributed by atoms with Crippen LogP contribution in [0.5, 0.6) is 0 Å². The summed E-state index contributed by atoms with van der Waals surface area (Å²) in [5, 5.41) is 10.8. The van der Waals surface area contributed by atoms with Gasteiger partial charge in [-0.2, -0.15) is 18.4 Å². The standard InChI is InChI=1S/C18H22F3N3O3/c19-18(20,21)17(26)24-11-5-4-8-15(23)16(25)27-14(12-22)10-9-13-6-2-1-3-7-13/h1-3,6-7,14-15H,4-5,8-11,23H2,(H,24,26)/t14-,15-/m0/s1. The number of hydrogen-bond donors (Lipinski definition) is 2. The maximum Gasteiger partial charge on any atom is 0.471 e. The lowest BCUT2D eigenvalue weighted by atomic mass is 10.1. The molecule has 0 fully saturated rings. The second kappa shape index (κ2) is 11.2. The van der Waals surface area contributed by atoms with Crippen molar-refractivity contribution in [1.29, 1.82) is 5.26 Å². The minimum atomic E-state index is -4.91. The Morgan fingerprint density at radius 3 is 2.44 bits per heavy atom. The van der Waals surface area contributed by atoms with Crippen molar-refractivity contribution in [2.75, 3.05) is 6.54 Å². The summed E-state index contributed by atoms with van der Waals surface area (Å²) in [5.41, 5.74) is 6.70. The zero-order chi connectivity index (χ0) is 20.3. The predicted molar refractivity (Wildman–Crippen MR) is 91.1 cm³/mol. The van der Waals surface area contributed by atoms with E-state index in [1.165, 1.54) is 0 Å². The van der Waals surface area contributed by atoms with Crippen LogP contribution in [0.4, 0.5) is 13.2 Å². The molecule has 0 radical (unpaired) electrons. The first-order chi connectivity index (χ1) is 12.7. The van der Waals surface area contributed by atoms with Gasteiger partial charge in [0.25, 0.3) is 0 Å². The minimum Gasteiger partial charge on any atom is -0.446 e. The van der Waals surface area contributed by atoms with Crippen LogP contribution in [-0.4, -0.2) is 36.7 Å². The Hall–Kier alpha value is -2.60. The third-order valence-electron chi connectivity index (χ3n) is 3.73. The molecule has 0 aliphatic heterocycles. The molecule has 0 saturated carbocycles. The average molecular weight is 385 g/mol. The summed E-state index contributed by atoms with van der Waals surface area (Å²) in [4.78, 5) is 22.5. The van der Waals surface area contributed by atoms with Crippen LogP contribution >= 0.6 is 0 Å². The number of benzene rings is 1. The molecule has 0 saturated heterocycles. The Kier molecular flexibility index (Phi) is 9.30. The number of nitrogens with one attached hydrogen (secondary N) is 1. The highest BCUT2D eigenvalue weighted by Crippen LogP contribution is 2.14. The quantitative estimate of drug-likeness (QED) is 0.475. The van der Waals surface area contributed by atoms with Gasteiger partial charge in [-0.05, 0) is 31.2 Å². The maximum absolute atomic E-state index is 12.0. The number of nitrogens with two attached hydrogens (primary N) is 1. The number of esters is 1. The van der Waals surface area contributed by atoms with Crippen molar-refractivity contribution in [3.8, 4) is 6.07 Å². The maximum atomic E-state index is 12.0. The van der Waals surface area contributed by atoms with Gasteiger partial charge >= 0.3 is 18.1 Å². The highest BCUT2D eigenvalue weighted by Gasteiger charge is 2.38. The lowest BCUT2D eigenvalue weighted by Crippen LogP contribution is -2.37. The third kappa shape index (κ3) is 9.06. The molecule has 1 amide bonds. The number of halogens is 3. The molecule has 0 aliphatic rings. The Morgan fingerprint density at radius 2 is 1.85 bits per heavy atom. The zero-order valence-corrected chi connectivity index (χ0v) is 14.7. The van der Waals surface area contributed by atoms with E-state index in [-0.39, 0.29) is 19.4 Å². The van der Waals surface area contributed by atoms with Crippen LogP contribution in [0.15, 0.2) is 30.3 Å². The number of carbonyl (C=O) groups is 2. The van der Waals surface area contributed by atoms with E-state index in [0.29, 0.717) is 19.3 Å². The van der Waals surface area contributed by atoms with Gasteiger partial charge in [0.15, 0.2) is 6.10 Å². The van der Waals surface area contributed by atoms with Crippen molar-refractivity contribution in [2.24, 2.45) is 5.73 Å². The SMILES string of the molecule is N#C[C@H](CCc1ccccc1)OC(=O)[C@@H](N)CCCCNC(=O)C(F)(F)F. The van der Waals surface area contributed by atoms with Gasteiger partial charge in [0, 0.05) is 13.0 Å². The first-order valence-electron chi connectivity index (χ1n) is 8.48. The molecule has 0 aromatic heterocycles. The molecule has 9 heteroatoms. The fourth-order valence-corrected chi connectivity index (χ4v) is 2.23. The smallest absolute Gasteiger partial charge is 0.446 e. The Morgan fingerprint density at radius 1 is 1.19 bits per heavy atom. The van der Waals surface area contributed by atoms with E-state index in [0.717, 1.165) is 5.56 Å². The van der Waals surface area contributed by atoms with Gasteiger partial charge < -0.3 is 15.8 Å². The third-order valence-corrected chi connectivity index (χ3v) is 3.73. The van der Waals surface area contributed by atoms with Crippen LogP contribution in [-0.2, 0) is 20.7 Å². The highest BCUT2D eigenvalue weighted by molar-refractivity contribution is 5.81. The molecule has 0 bridgehead atoms. The summed E-state index contributed by atoms with van der Waals surface area (Å²) < 4.78 is 41.1. The summed E-state index contributed by atoms with van der Waals surface area (Å²) in [5.74, 6) is -2.73. The second-order valence-electron chi connectivity index (χ2n) is 5.93. The number of nitriles is 1. The van der Waals surface area contributed by atoms with Crippen LogP contribution in [0.2, 0.25) is 0 Å². The number of aryl methyl sites for hydroxylation is 1. The van der Waals surface area contributed by atoms with E-state index in [2.05, 4.69) is 0 Å². The predicted octanol–water partition coefficient (Wildman–Crippen LogP) is 2.23. The average Bonchev–Trinajstić information content (AvgIpc) is 2.64. The molecule has 2 atom stereocenters. The fraction of sp³-hybridized carbons (Fsp3) is 0.500. The van der Waals surface area contributed by atoms with Gasteiger partial charge in [0.05, 0.1) is 0 Å². The summed E-state index contributed by atoms with van der Waals surface area (Å²) in [6.07, 6.45) is -4.18. The molecule has 0 spiro atoms. The lowest BCUT2D eigenvalue weighted by molar-refractivity contribution is -0.173. The Labute approximate surface area is 155 Å². The van der Waals surface area contributed by atoms with Crippen molar-refractivity contribution in [3.63, 3.8) is 0 Å². The van der Waals surface area contributed by atoms with Crippen LogP contribution in [0.3, 0.4) is 0 Å². The molecule has 0 unspecified atom stereocenters. The number of rotatable bonds is 10. The summed E-state index contributed by atoms with van der Waals surface area (Å²) in [6.45, 7) is -0.169. The molecule has 0 aliphatic carbocycles. The van der Waals surface area contributed by atoms with E-state index in [4.69, 9.17) is 15.7 Å². The molecule has 1 aromatic carbocycles. The van der Waals surface area contributed by atoms with Crippen LogP contribution < -0.4 is 11.1 Å². The van der Waals surface area contributed by atoms with Gasteiger partial charge in [0.1, 0.15) is 12.1 Å². The monoisotopic (exact) mass is 385 g/mol. The van der Waals surface area contributed by atoms with Crippen LogP contribution in [0.1, 0.15) is 31.2 Å². The van der Waals surface area contributed by atoms with Crippen molar-refractivity contribution < 1.29 is 27.5 Å². The number of ether oxygens (including phenoxy) is 1. The lowest BCUT2D eigenvalue weighted by Gasteiger charge is -2.15. The zero-order valence-electron chi connectivity index (χ0n) is 14.7. The minimum absolute atomic E-state index is 0.169. The number of nitrogens with zero attached hydrogens (tertiary/aromatic N) is 1. The highest BCUT2D eigenvalue weighted by atomic mass is 19.4. The van der Waals surface area contributed by atoms with E-state index >= 15 is 0 Å². The summed E-state index contributed by atoms with van der Waals surface area (Å²) in [6, 6.07) is 10.4. The van der Waals surface area contributed by atoms with Crippen molar-refractivity contribution in [1.82, 2.24) is 5.32 Å². The topological polar surface area (TPSA) is 105 Å². The van der Waals surface area contributed by atoms with Gasteiger partial charge in [-0.15, -0.1) is 0 Å². The number of alkyl halides is 3. The molecule has 1 rings (SSSR count). The number of amides is 1. The van der Waals surface area contributed by atoms with E-state index in [1.54, 1.807) is 5.32 Å². The van der Waals surface area contributed by atoms with Gasteiger partial charge in [-0.25, -0.2) is 0 Å². The molecule has 3 N–H and O–H groups in total. The van der Waals surface area contributed by atoms with Crippen molar-refractivity contribution in [3.05, 3.63) is 35.9 Å². The van der Waals surface area contributed by atoms with Crippen LogP contribution in [0.25, 0.3) is 0 Å². The summed E-state index contributed by atoms with van der Waals surface area (Å²) in [7, 11) is 0. The van der Waals surface area contributed by atoms with Crippen LogP contribution in [0, 0.1) is 11.3 Å². The molecular weight excluding hydrogens is 363 g/mol. The number of carbonyl (C=O) groups excluding carboxylic acids is 2. The number of unbranched alkanes of at least 4 members (excludes halogenated alkanes) is 1. The molecule has 1 aromatic rings. The van der Waals surface area contributed by atoms with Gasteiger partial charge in [0.2, 0.25) is 0 Å². The summed E-state index contributed by atoms with van der Waals surface area (Å²) >= 11 is 0. The van der Waals surface area contributed by atoms with Gasteiger partial charge in [-0.1, -0.05) is 30.3 Å². The molecule has 27 heavy (non-hydrogen) atoms.